The van der Waals surface area contributed by atoms with Gasteiger partial charge in [-0.1, -0.05) is 13.8 Å². The van der Waals surface area contributed by atoms with Crippen molar-refractivity contribution >= 4 is 34.6 Å². The molecule has 2 saturated heterocycles. The Morgan fingerprint density at radius 3 is 2.14 bits per heavy atom. The number of nitrogens with zero attached hydrogens (tertiary/aromatic N) is 4. The van der Waals surface area contributed by atoms with Gasteiger partial charge in [-0.3, -0.25) is 19.7 Å². The smallest absolute Gasteiger partial charge is 0.270 e. The van der Waals surface area contributed by atoms with E-state index in [2.05, 4.69) is 15.1 Å². The lowest BCUT2D eigenvalue weighted by Gasteiger charge is -2.37. The number of non-ortho nitro benzene ring substituents is 1. The quantitative estimate of drug-likeness (QED) is 0.494. The number of piperazine rings is 1. The number of anilines is 3. The number of nitro groups is 1. The van der Waals surface area contributed by atoms with Crippen LogP contribution < -0.4 is 15.1 Å². The second kappa shape index (κ2) is 10.8. The van der Waals surface area contributed by atoms with Crippen LogP contribution in [0.4, 0.5) is 22.7 Å². The lowest BCUT2D eigenvalue weighted by atomic mass is 10.1. The van der Waals surface area contributed by atoms with E-state index in [1.54, 1.807) is 6.07 Å². The molecule has 9 heteroatoms. The summed E-state index contributed by atoms with van der Waals surface area (Å²) in [7, 11) is 0. The predicted octanol–water partition coefficient (Wildman–Crippen LogP) is 4.14. The fourth-order valence-electron chi connectivity index (χ4n) is 4.73. The van der Waals surface area contributed by atoms with E-state index in [1.165, 1.54) is 12.1 Å². The molecule has 1 N–H and O–H groups in total. The normalized spacial score (nSPS) is 16.4. The Hall–Kier alpha value is -3.62. The minimum atomic E-state index is -0.472. The third-order valence-corrected chi connectivity index (χ3v) is 6.71. The number of piperidine rings is 1. The largest absolute Gasteiger partial charge is 0.371 e. The van der Waals surface area contributed by atoms with Gasteiger partial charge in [-0.25, -0.2) is 0 Å². The van der Waals surface area contributed by atoms with Gasteiger partial charge in [0.2, 0.25) is 5.91 Å². The van der Waals surface area contributed by atoms with Gasteiger partial charge in [0.25, 0.3) is 11.6 Å². The summed E-state index contributed by atoms with van der Waals surface area (Å²) in [5, 5.41) is 14.2. The maximum Gasteiger partial charge on any atom is 0.270 e. The molecule has 0 bridgehead atoms. The molecular weight excluding hydrogens is 446 g/mol. The Labute approximate surface area is 205 Å². The summed E-state index contributed by atoms with van der Waals surface area (Å²) in [6.45, 7) is 8.43. The van der Waals surface area contributed by atoms with Crippen LogP contribution in [0, 0.1) is 16.0 Å². The molecule has 2 aliphatic heterocycles. The summed E-state index contributed by atoms with van der Waals surface area (Å²) in [5.41, 5.74) is 2.61. The van der Waals surface area contributed by atoms with Crippen LogP contribution >= 0.6 is 0 Å². The summed E-state index contributed by atoms with van der Waals surface area (Å²) < 4.78 is 0. The molecule has 2 aromatic rings. The van der Waals surface area contributed by atoms with Crippen LogP contribution in [0.1, 0.15) is 43.5 Å². The molecule has 0 aromatic heterocycles. The van der Waals surface area contributed by atoms with Crippen LogP contribution in [-0.4, -0.2) is 60.9 Å². The maximum absolute atomic E-state index is 13.2. The van der Waals surface area contributed by atoms with Gasteiger partial charge in [-0.2, -0.15) is 0 Å². The van der Waals surface area contributed by atoms with Gasteiger partial charge in [0, 0.05) is 68.7 Å². The van der Waals surface area contributed by atoms with Crippen LogP contribution in [0.3, 0.4) is 0 Å². The molecule has 35 heavy (non-hydrogen) atoms. The first-order valence-electron chi connectivity index (χ1n) is 12.3. The van der Waals surface area contributed by atoms with E-state index >= 15 is 0 Å². The van der Waals surface area contributed by atoms with Crippen molar-refractivity contribution in [1.29, 1.82) is 0 Å². The molecule has 0 spiro atoms. The molecule has 0 saturated carbocycles. The average molecular weight is 480 g/mol. The Kier molecular flexibility index (Phi) is 7.53. The molecule has 186 valence electrons. The second-order valence-corrected chi connectivity index (χ2v) is 9.47. The number of hydrogen-bond acceptors (Lipinski definition) is 6. The van der Waals surface area contributed by atoms with Crippen molar-refractivity contribution in [3.63, 3.8) is 0 Å². The van der Waals surface area contributed by atoms with Gasteiger partial charge in [-0.15, -0.1) is 0 Å². The van der Waals surface area contributed by atoms with E-state index in [0.717, 1.165) is 56.8 Å². The molecule has 2 aliphatic rings. The van der Waals surface area contributed by atoms with Crippen LogP contribution in [0.2, 0.25) is 0 Å². The van der Waals surface area contributed by atoms with E-state index in [4.69, 9.17) is 0 Å². The molecule has 2 heterocycles. The number of rotatable bonds is 6. The Balaban J connectivity index is 1.44. The second-order valence-electron chi connectivity index (χ2n) is 9.47. The highest BCUT2D eigenvalue weighted by molar-refractivity contribution is 6.08. The molecule has 2 aromatic carbocycles. The monoisotopic (exact) mass is 479 g/mol. The summed E-state index contributed by atoms with van der Waals surface area (Å²) >= 11 is 0. The molecule has 0 aliphatic carbocycles. The zero-order valence-electron chi connectivity index (χ0n) is 20.4. The van der Waals surface area contributed by atoms with Crippen LogP contribution in [0.25, 0.3) is 0 Å². The molecule has 4 rings (SSSR count). The van der Waals surface area contributed by atoms with Gasteiger partial charge in [0.05, 0.1) is 16.2 Å². The van der Waals surface area contributed by atoms with Crippen molar-refractivity contribution in [2.45, 2.75) is 33.1 Å². The number of hydrogen-bond donors (Lipinski definition) is 1. The third kappa shape index (κ3) is 5.72. The summed E-state index contributed by atoms with van der Waals surface area (Å²) in [4.78, 5) is 42.5. The summed E-state index contributed by atoms with van der Waals surface area (Å²) in [5.74, 6) is -0.165. The van der Waals surface area contributed by atoms with Crippen molar-refractivity contribution in [2.75, 3.05) is 54.4 Å². The standard InChI is InChI=1S/C26H33N5O4/c1-19(2)26(33)30-16-14-28(15-17-30)21-8-6-20(7-9-21)27-25(32)23-18-22(31(34)35)10-11-24(23)29-12-4-3-5-13-29/h6-11,18-19H,3-5,12-17H2,1-2H3,(H,27,32). The Bertz CT molecular complexity index is 1070. The molecular formula is C26H33N5O4. The number of carbonyl (C=O) groups is 2. The lowest BCUT2D eigenvalue weighted by Crippen LogP contribution is -2.49. The number of benzene rings is 2. The fourth-order valence-corrected chi connectivity index (χ4v) is 4.73. The van der Waals surface area contributed by atoms with Crippen molar-refractivity contribution in [1.82, 2.24) is 4.90 Å². The van der Waals surface area contributed by atoms with Gasteiger partial charge >= 0.3 is 0 Å². The topological polar surface area (TPSA) is 99.0 Å². The lowest BCUT2D eigenvalue weighted by molar-refractivity contribution is -0.384. The van der Waals surface area contributed by atoms with Gasteiger partial charge in [-0.05, 0) is 49.6 Å². The van der Waals surface area contributed by atoms with Gasteiger partial charge in [0.1, 0.15) is 0 Å². The number of nitrogens with one attached hydrogen (secondary N) is 1. The first-order chi connectivity index (χ1) is 16.8. The minimum absolute atomic E-state index is 0.00548. The van der Waals surface area contributed by atoms with Crippen molar-refractivity contribution in [3.05, 3.63) is 58.1 Å². The fraction of sp³-hybridized carbons (Fsp3) is 0.462. The number of carbonyl (C=O) groups excluding carboxylic acids is 2. The first kappa shape index (κ1) is 24.5. The molecule has 2 fully saturated rings. The van der Waals surface area contributed by atoms with Crippen LogP contribution in [0.15, 0.2) is 42.5 Å². The van der Waals surface area contributed by atoms with E-state index < -0.39 is 4.92 Å². The summed E-state index contributed by atoms with van der Waals surface area (Å²) in [6, 6.07) is 12.1. The molecule has 0 radical (unpaired) electrons. The maximum atomic E-state index is 13.2. The average Bonchev–Trinajstić information content (AvgIpc) is 2.89. The number of amides is 2. The van der Waals surface area contributed by atoms with Crippen molar-refractivity contribution in [3.8, 4) is 0 Å². The van der Waals surface area contributed by atoms with Gasteiger partial charge in [0.15, 0.2) is 0 Å². The minimum Gasteiger partial charge on any atom is -0.371 e. The molecule has 9 nitrogen and oxygen atoms in total. The highest BCUT2D eigenvalue weighted by Crippen LogP contribution is 2.29. The zero-order valence-corrected chi connectivity index (χ0v) is 20.4. The van der Waals surface area contributed by atoms with E-state index in [1.807, 2.05) is 43.0 Å². The van der Waals surface area contributed by atoms with E-state index in [0.29, 0.717) is 24.3 Å². The van der Waals surface area contributed by atoms with E-state index in [-0.39, 0.29) is 23.4 Å². The molecule has 0 unspecified atom stereocenters. The van der Waals surface area contributed by atoms with Crippen LogP contribution in [-0.2, 0) is 4.79 Å². The van der Waals surface area contributed by atoms with E-state index in [9.17, 15) is 19.7 Å². The number of nitro benzene ring substituents is 1. The van der Waals surface area contributed by atoms with Crippen molar-refractivity contribution in [2.24, 2.45) is 5.92 Å². The van der Waals surface area contributed by atoms with Crippen molar-refractivity contribution < 1.29 is 14.5 Å². The highest BCUT2D eigenvalue weighted by atomic mass is 16.6. The predicted molar refractivity (Wildman–Crippen MR) is 137 cm³/mol. The summed E-state index contributed by atoms with van der Waals surface area (Å²) in [6.07, 6.45) is 3.24. The third-order valence-electron chi connectivity index (χ3n) is 6.71. The zero-order chi connectivity index (χ0) is 24.9. The van der Waals surface area contributed by atoms with Crippen LogP contribution in [0.5, 0.6) is 0 Å². The Morgan fingerprint density at radius 1 is 0.886 bits per heavy atom. The SMILES string of the molecule is CC(C)C(=O)N1CCN(c2ccc(NC(=O)c3cc([N+](=O)[O-])ccc3N3CCCCC3)cc2)CC1. The van der Waals surface area contributed by atoms with Gasteiger partial charge < -0.3 is 20.0 Å². The Morgan fingerprint density at radius 2 is 1.54 bits per heavy atom. The first-order valence-corrected chi connectivity index (χ1v) is 12.3. The highest BCUT2D eigenvalue weighted by Gasteiger charge is 2.24. The molecule has 2 amide bonds. The molecule has 0 atom stereocenters.